The number of benzene rings is 2. The highest BCUT2D eigenvalue weighted by atomic mass is 32.1. The van der Waals surface area contributed by atoms with Crippen molar-refractivity contribution in [1.82, 2.24) is 10.3 Å². The van der Waals surface area contributed by atoms with Gasteiger partial charge in [0.1, 0.15) is 29.1 Å². The highest BCUT2D eigenvalue weighted by Gasteiger charge is 2.42. The average Bonchev–Trinajstić information content (AvgIpc) is 3.49. The minimum Gasteiger partial charge on any atom is -0.495 e. The Balaban J connectivity index is 1.60. The number of ether oxygens (including phenoxy) is 1. The lowest BCUT2D eigenvalue weighted by Crippen LogP contribution is -2.29. The van der Waals surface area contributed by atoms with Crippen molar-refractivity contribution in [2.75, 3.05) is 17.3 Å². The molecular formula is C27H23FN4O3S. The van der Waals surface area contributed by atoms with Gasteiger partial charge in [-0.05, 0) is 78.9 Å². The normalized spacial score (nSPS) is 17.1. The molecule has 0 bridgehead atoms. The third-order valence-corrected chi connectivity index (χ3v) is 6.23. The fourth-order valence-corrected chi connectivity index (χ4v) is 4.68. The molecule has 1 saturated heterocycles. The van der Waals surface area contributed by atoms with E-state index in [1.54, 1.807) is 31.5 Å². The maximum Gasteiger partial charge on any atom is 0.221 e. The smallest absolute Gasteiger partial charge is 0.221 e. The summed E-state index contributed by atoms with van der Waals surface area (Å²) < 4.78 is 25.2. The first-order chi connectivity index (χ1) is 17.4. The number of furan rings is 1. The van der Waals surface area contributed by atoms with E-state index in [1.165, 1.54) is 19.1 Å². The van der Waals surface area contributed by atoms with Crippen molar-refractivity contribution in [3.05, 3.63) is 96.3 Å². The summed E-state index contributed by atoms with van der Waals surface area (Å²) in [6.07, 6.45) is 1.73. The largest absolute Gasteiger partial charge is 0.495 e. The number of hydrogen-bond donors (Lipinski definition) is 2. The van der Waals surface area contributed by atoms with Crippen LogP contribution in [-0.2, 0) is 4.79 Å². The van der Waals surface area contributed by atoms with Gasteiger partial charge in [-0.2, -0.15) is 0 Å². The van der Waals surface area contributed by atoms with Crippen molar-refractivity contribution in [3.8, 4) is 17.1 Å². The van der Waals surface area contributed by atoms with E-state index < -0.39 is 0 Å². The molecular weight excluding hydrogens is 479 g/mol. The van der Waals surface area contributed by atoms with Crippen LogP contribution < -0.4 is 20.3 Å². The van der Waals surface area contributed by atoms with Crippen LogP contribution in [0.3, 0.4) is 0 Å². The van der Waals surface area contributed by atoms with Gasteiger partial charge in [-0.25, -0.2) is 4.39 Å². The van der Waals surface area contributed by atoms with E-state index in [1.807, 2.05) is 47.4 Å². The Morgan fingerprint density at radius 3 is 2.64 bits per heavy atom. The summed E-state index contributed by atoms with van der Waals surface area (Å²) in [6, 6.07) is 20.3. The summed E-state index contributed by atoms with van der Waals surface area (Å²) in [5, 5.41) is 6.67. The summed E-state index contributed by atoms with van der Waals surface area (Å²) in [7, 11) is 1.54. The van der Waals surface area contributed by atoms with E-state index in [2.05, 4.69) is 15.6 Å². The number of carbonyl (C=O) groups is 1. The molecule has 0 saturated carbocycles. The van der Waals surface area contributed by atoms with Crippen molar-refractivity contribution in [2.45, 2.75) is 19.0 Å². The average molecular weight is 503 g/mol. The van der Waals surface area contributed by atoms with Crippen LogP contribution in [0, 0.1) is 5.82 Å². The van der Waals surface area contributed by atoms with Crippen LogP contribution in [0.1, 0.15) is 30.5 Å². The second-order valence-electron chi connectivity index (χ2n) is 8.27. The van der Waals surface area contributed by atoms with E-state index in [4.69, 9.17) is 21.4 Å². The summed E-state index contributed by atoms with van der Waals surface area (Å²) in [4.78, 5) is 18.3. The molecule has 7 nitrogen and oxygen atoms in total. The lowest BCUT2D eigenvalue weighted by atomic mass is 10.0. The zero-order chi connectivity index (χ0) is 25.2. The van der Waals surface area contributed by atoms with Crippen LogP contribution in [0.4, 0.5) is 15.8 Å². The van der Waals surface area contributed by atoms with E-state index in [9.17, 15) is 9.18 Å². The van der Waals surface area contributed by atoms with Crippen LogP contribution >= 0.6 is 12.2 Å². The van der Waals surface area contributed by atoms with Crippen LogP contribution in [0.25, 0.3) is 11.3 Å². The number of pyridine rings is 1. The van der Waals surface area contributed by atoms with Crippen molar-refractivity contribution < 1.29 is 18.3 Å². The highest BCUT2D eigenvalue weighted by molar-refractivity contribution is 7.80. The Bertz CT molecular complexity index is 1410. The van der Waals surface area contributed by atoms with Gasteiger partial charge in [-0.1, -0.05) is 6.07 Å². The zero-order valence-electron chi connectivity index (χ0n) is 19.6. The number of amides is 1. The molecule has 5 rings (SSSR count). The minimum atomic E-state index is -0.389. The monoisotopic (exact) mass is 502 g/mol. The fraction of sp³-hybridized carbons (Fsp3) is 0.148. The van der Waals surface area contributed by atoms with Crippen LogP contribution in [-0.4, -0.2) is 23.1 Å². The Morgan fingerprint density at radius 2 is 1.94 bits per heavy atom. The number of nitrogens with one attached hydrogen (secondary N) is 2. The molecule has 9 heteroatoms. The molecule has 1 aliphatic rings. The van der Waals surface area contributed by atoms with Gasteiger partial charge in [0, 0.05) is 24.4 Å². The van der Waals surface area contributed by atoms with E-state index in [0.29, 0.717) is 28.1 Å². The number of halogens is 1. The Labute approximate surface area is 212 Å². The van der Waals surface area contributed by atoms with Crippen LogP contribution in [0.2, 0.25) is 0 Å². The number of thiocarbonyl (C=S) groups is 1. The zero-order valence-corrected chi connectivity index (χ0v) is 20.4. The number of rotatable bonds is 6. The van der Waals surface area contributed by atoms with Crippen molar-refractivity contribution in [1.29, 1.82) is 0 Å². The minimum absolute atomic E-state index is 0.217. The number of aromatic nitrogens is 1. The van der Waals surface area contributed by atoms with Gasteiger partial charge in [0.05, 0.1) is 24.5 Å². The third-order valence-electron chi connectivity index (χ3n) is 5.92. The summed E-state index contributed by atoms with van der Waals surface area (Å²) in [6.45, 7) is 1.44. The molecule has 1 amide bonds. The third kappa shape index (κ3) is 4.52. The topological polar surface area (TPSA) is 79.6 Å². The number of nitrogens with zero attached hydrogens (tertiary/aromatic N) is 2. The molecule has 2 N–H and O–H groups in total. The maximum absolute atomic E-state index is 13.4. The van der Waals surface area contributed by atoms with Gasteiger partial charge in [0.15, 0.2) is 5.11 Å². The Kier molecular flexibility index (Phi) is 6.39. The molecule has 1 fully saturated rings. The van der Waals surface area contributed by atoms with Gasteiger partial charge in [-0.3, -0.25) is 9.78 Å². The number of methoxy groups -OCH3 is 1. The second kappa shape index (κ2) is 9.79. The first-order valence-electron chi connectivity index (χ1n) is 11.3. The number of anilines is 2. The van der Waals surface area contributed by atoms with Crippen molar-refractivity contribution >= 4 is 34.6 Å². The lowest BCUT2D eigenvalue weighted by Gasteiger charge is -2.27. The van der Waals surface area contributed by atoms with E-state index in [-0.39, 0.29) is 23.8 Å². The lowest BCUT2D eigenvalue weighted by molar-refractivity contribution is -0.114. The standard InChI is InChI=1S/C27H23FN4O3S/c1-16(33)30-21-15-19(10-11-23(21)34-2)32-26(25(31-27(32)36)20-5-3-4-14-29-20)24-13-12-22(35-24)17-6-8-18(28)9-7-17/h3-15,25-26H,1-2H3,(H,30,33)(H,31,36)/t25-,26-/m1/s1. The molecule has 2 aromatic carbocycles. The molecule has 1 aliphatic heterocycles. The molecule has 2 atom stereocenters. The fourth-order valence-electron chi connectivity index (χ4n) is 4.34. The first-order valence-corrected chi connectivity index (χ1v) is 11.7. The van der Waals surface area contributed by atoms with Gasteiger partial charge < -0.3 is 24.7 Å². The SMILES string of the molecule is COc1ccc(N2C(=S)N[C@H](c3ccccn3)[C@H]2c2ccc(-c3ccc(F)cc3)o2)cc1NC(C)=O. The Morgan fingerprint density at radius 1 is 1.14 bits per heavy atom. The molecule has 36 heavy (non-hydrogen) atoms. The van der Waals surface area contributed by atoms with Crippen LogP contribution in [0.15, 0.2) is 83.4 Å². The summed E-state index contributed by atoms with van der Waals surface area (Å²) >= 11 is 5.77. The summed E-state index contributed by atoms with van der Waals surface area (Å²) in [5.41, 5.74) is 2.81. The van der Waals surface area contributed by atoms with E-state index >= 15 is 0 Å². The summed E-state index contributed by atoms with van der Waals surface area (Å²) in [5.74, 6) is 1.25. The molecule has 0 spiro atoms. The molecule has 0 unspecified atom stereocenters. The predicted molar refractivity (Wildman–Crippen MR) is 139 cm³/mol. The number of carbonyl (C=O) groups excluding carboxylic acids is 1. The van der Waals surface area contributed by atoms with Gasteiger partial charge in [0.2, 0.25) is 5.91 Å². The second-order valence-corrected chi connectivity index (χ2v) is 8.66. The first kappa shape index (κ1) is 23.5. The molecule has 4 aromatic rings. The molecule has 2 aromatic heterocycles. The molecule has 0 aliphatic carbocycles. The quantitative estimate of drug-likeness (QED) is 0.331. The van der Waals surface area contributed by atoms with Crippen molar-refractivity contribution in [2.24, 2.45) is 0 Å². The highest BCUT2D eigenvalue weighted by Crippen LogP contribution is 2.44. The number of hydrogen-bond acceptors (Lipinski definition) is 5. The van der Waals surface area contributed by atoms with Gasteiger partial charge in [-0.15, -0.1) is 0 Å². The van der Waals surface area contributed by atoms with Gasteiger partial charge in [0.25, 0.3) is 0 Å². The maximum atomic E-state index is 13.4. The predicted octanol–water partition coefficient (Wildman–Crippen LogP) is 5.62. The molecule has 3 heterocycles. The Hall–Kier alpha value is -4.24. The molecule has 182 valence electrons. The van der Waals surface area contributed by atoms with E-state index in [0.717, 1.165) is 16.9 Å². The molecule has 0 radical (unpaired) electrons. The van der Waals surface area contributed by atoms with Crippen LogP contribution in [0.5, 0.6) is 5.75 Å². The van der Waals surface area contributed by atoms with Gasteiger partial charge >= 0.3 is 0 Å². The van der Waals surface area contributed by atoms with Crippen molar-refractivity contribution in [3.63, 3.8) is 0 Å².